The molecule has 2 aliphatic heterocycles. The van der Waals surface area contributed by atoms with Crippen molar-refractivity contribution in [2.45, 2.75) is 43.8 Å². The molecule has 2 bridgehead atoms. The standard InChI is InChI=1S/C16H16BrClN4O/c17-10-1-4-15(18)14(7-10)16(23)21-11-2-3-12(21)9-13(8-11)22-19-5-6-20-22/h1,4-7,11-13H,2-3,8-9H2. The number of halogens is 2. The monoisotopic (exact) mass is 394 g/mol. The van der Waals surface area contributed by atoms with Crippen molar-refractivity contribution in [3.8, 4) is 0 Å². The third-order valence-corrected chi connectivity index (χ3v) is 5.69. The van der Waals surface area contributed by atoms with Gasteiger partial charge in [-0.1, -0.05) is 27.5 Å². The van der Waals surface area contributed by atoms with Crippen LogP contribution >= 0.6 is 27.5 Å². The van der Waals surface area contributed by atoms with Gasteiger partial charge in [-0.25, -0.2) is 0 Å². The minimum atomic E-state index is 0.0377. The highest BCUT2D eigenvalue weighted by Gasteiger charge is 2.44. The number of nitrogens with zero attached hydrogens (tertiary/aromatic N) is 4. The van der Waals surface area contributed by atoms with Gasteiger partial charge in [-0.3, -0.25) is 4.79 Å². The molecular weight excluding hydrogens is 380 g/mol. The largest absolute Gasteiger partial charge is 0.332 e. The summed E-state index contributed by atoms with van der Waals surface area (Å²) in [6.45, 7) is 0. The Morgan fingerprint density at radius 1 is 1.13 bits per heavy atom. The highest BCUT2D eigenvalue weighted by atomic mass is 79.9. The van der Waals surface area contributed by atoms with Crippen LogP contribution in [0.3, 0.4) is 0 Å². The Balaban J connectivity index is 1.59. The summed E-state index contributed by atoms with van der Waals surface area (Å²) in [7, 11) is 0. The Labute approximate surface area is 147 Å². The van der Waals surface area contributed by atoms with Gasteiger partial charge in [0.05, 0.1) is 29.0 Å². The fourth-order valence-corrected chi connectivity index (χ4v) is 4.44. The van der Waals surface area contributed by atoms with Crippen LogP contribution in [-0.2, 0) is 0 Å². The van der Waals surface area contributed by atoms with Gasteiger partial charge in [-0.2, -0.15) is 15.0 Å². The number of piperidine rings is 1. The van der Waals surface area contributed by atoms with Crippen molar-refractivity contribution in [2.24, 2.45) is 0 Å². The number of amides is 1. The number of aromatic nitrogens is 3. The summed E-state index contributed by atoms with van der Waals surface area (Å²) in [6, 6.07) is 6.19. The quantitative estimate of drug-likeness (QED) is 0.779. The van der Waals surface area contributed by atoms with Crippen molar-refractivity contribution in [1.82, 2.24) is 19.9 Å². The molecule has 2 fully saturated rings. The number of carbonyl (C=O) groups is 1. The van der Waals surface area contributed by atoms with E-state index in [2.05, 4.69) is 26.1 Å². The summed E-state index contributed by atoms with van der Waals surface area (Å²) in [5.74, 6) is 0.0377. The number of fused-ring (bicyclic) bond motifs is 2. The lowest BCUT2D eigenvalue weighted by molar-refractivity contribution is 0.0512. The second-order valence-corrected chi connectivity index (χ2v) is 7.52. The van der Waals surface area contributed by atoms with E-state index in [4.69, 9.17) is 11.6 Å². The van der Waals surface area contributed by atoms with E-state index in [-0.39, 0.29) is 24.0 Å². The SMILES string of the molecule is O=C(c1cc(Br)ccc1Cl)N1C2CCC1CC(n1nccn1)C2. The van der Waals surface area contributed by atoms with E-state index >= 15 is 0 Å². The number of rotatable bonds is 2. The van der Waals surface area contributed by atoms with Gasteiger partial charge in [-0.05, 0) is 43.9 Å². The molecule has 0 radical (unpaired) electrons. The van der Waals surface area contributed by atoms with Gasteiger partial charge in [-0.15, -0.1) is 0 Å². The first-order valence-corrected chi connectivity index (χ1v) is 8.94. The zero-order chi connectivity index (χ0) is 16.0. The van der Waals surface area contributed by atoms with Crippen molar-refractivity contribution in [1.29, 1.82) is 0 Å². The highest BCUT2D eigenvalue weighted by molar-refractivity contribution is 9.10. The lowest BCUT2D eigenvalue weighted by Gasteiger charge is -2.38. The molecule has 0 saturated carbocycles. The normalized spacial score (nSPS) is 26.5. The summed E-state index contributed by atoms with van der Waals surface area (Å²) < 4.78 is 0.869. The highest BCUT2D eigenvalue weighted by Crippen LogP contribution is 2.41. The molecule has 2 aliphatic rings. The smallest absolute Gasteiger partial charge is 0.255 e. The number of carbonyl (C=O) groups excluding carboxylic acids is 1. The maximum atomic E-state index is 13.0. The average Bonchev–Trinajstić information content (AvgIpc) is 3.16. The van der Waals surface area contributed by atoms with Crippen molar-refractivity contribution < 1.29 is 4.79 Å². The van der Waals surface area contributed by atoms with Gasteiger partial charge in [0, 0.05) is 16.6 Å². The molecule has 23 heavy (non-hydrogen) atoms. The first-order valence-electron chi connectivity index (χ1n) is 7.77. The number of benzene rings is 1. The lowest BCUT2D eigenvalue weighted by atomic mass is 9.96. The van der Waals surface area contributed by atoms with Crippen LogP contribution in [0.15, 0.2) is 35.1 Å². The Morgan fingerprint density at radius 2 is 1.78 bits per heavy atom. The van der Waals surface area contributed by atoms with Crippen LogP contribution in [0.2, 0.25) is 5.02 Å². The fraction of sp³-hybridized carbons (Fsp3) is 0.438. The Bertz CT molecular complexity index is 722. The molecule has 2 unspecified atom stereocenters. The number of hydrogen-bond acceptors (Lipinski definition) is 3. The molecular formula is C16H16BrClN4O. The van der Waals surface area contributed by atoms with Crippen LogP contribution in [0.4, 0.5) is 0 Å². The molecule has 2 saturated heterocycles. The van der Waals surface area contributed by atoms with Crippen LogP contribution in [0, 0.1) is 0 Å². The molecule has 1 aromatic carbocycles. The van der Waals surface area contributed by atoms with Crippen LogP contribution < -0.4 is 0 Å². The summed E-state index contributed by atoms with van der Waals surface area (Å²) >= 11 is 9.66. The van der Waals surface area contributed by atoms with Crippen molar-refractivity contribution >= 4 is 33.4 Å². The Morgan fingerprint density at radius 3 is 2.43 bits per heavy atom. The minimum absolute atomic E-state index is 0.0377. The maximum Gasteiger partial charge on any atom is 0.255 e. The van der Waals surface area contributed by atoms with Crippen LogP contribution in [-0.4, -0.2) is 37.9 Å². The molecule has 1 aromatic heterocycles. The fourth-order valence-electron chi connectivity index (χ4n) is 3.88. The molecule has 120 valence electrons. The Hall–Kier alpha value is -1.40. The van der Waals surface area contributed by atoms with Gasteiger partial charge in [0.25, 0.3) is 5.91 Å². The Kier molecular flexibility index (Phi) is 3.89. The van der Waals surface area contributed by atoms with E-state index in [0.29, 0.717) is 10.6 Å². The molecule has 4 rings (SSSR count). The molecule has 7 heteroatoms. The molecule has 0 aliphatic carbocycles. The third kappa shape index (κ3) is 2.68. The molecule has 2 aromatic rings. The van der Waals surface area contributed by atoms with E-state index in [1.165, 1.54) is 0 Å². The summed E-state index contributed by atoms with van der Waals surface area (Å²) in [6.07, 6.45) is 7.31. The van der Waals surface area contributed by atoms with E-state index in [9.17, 15) is 4.79 Å². The summed E-state index contributed by atoms with van der Waals surface area (Å²) in [5.41, 5.74) is 0.577. The van der Waals surface area contributed by atoms with Gasteiger partial charge in [0.1, 0.15) is 0 Å². The van der Waals surface area contributed by atoms with Gasteiger partial charge >= 0.3 is 0 Å². The minimum Gasteiger partial charge on any atom is -0.332 e. The predicted molar refractivity (Wildman–Crippen MR) is 90.4 cm³/mol. The van der Waals surface area contributed by atoms with E-state index in [1.54, 1.807) is 23.3 Å². The molecule has 0 spiro atoms. The van der Waals surface area contributed by atoms with Gasteiger partial charge in [0.2, 0.25) is 0 Å². The zero-order valence-corrected chi connectivity index (χ0v) is 14.7. The van der Waals surface area contributed by atoms with E-state index < -0.39 is 0 Å². The molecule has 2 atom stereocenters. The molecule has 1 amide bonds. The lowest BCUT2D eigenvalue weighted by Crippen LogP contribution is -2.47. The summed E-state index contributed by atoms with van der Waals surface area (Å²) in [5, 5.41) is 9.04. The second-order valence-electron chi connectivity index (χ2n) is 6.20. The first kappa shape index (κ1) is 15.1. The van der Waals surface area contributed by atoms with E-state index in [1.807, 2.05) is 17.0 Å². The summed E-state index contributed by atoms with van der Waals surface area (Å²) in [4.78, 5) is 16.8. The van der Waals surface area contributed by atoms with Crippen molar-refractivity contribution in [3.63, 3.8) is 0 Å². The predicted octanol–water partition coefficient (Wildman–Crippen LogP) is 3.70. The zero-order valence-electron chi connectivity index (χ0n) is 12.4. The molecule has 5 nitrogen and oxygen atoms in total. The topological polar surface area (TPSA) is 51.0 Å². The van der Waals surface area contributed by atoms with Gasteiger partial charge < -0.3 is 4.90 Å². The van der Waals surface area contributed by atoms with Crippen molar-refractivity contribution in [2.75, 3.05) is 0 Å². The van der Waals surface area contributed by atoms with Crippen LogP contribution in [0.25, 0.3) is 0 Å². The van der Waals surface area contributed by atoms with Gasteiger partial charge in [0.15, 0.2) is 0 Å². The van der Waals surface area contributed by atoms with Crippen molar-refractivity contribution in [3.05, 3.63) is 45.7 Å². The number of hydrogen-bond donors (Lipinski definition) is 0. The molecule has 3 heterocycles. The maximum absolute atomic E-state index is 13.0. The van der Waals surface area contributed by atoms with Crippen LogP contribution in [0.5, 0.6) is 0 Å². The van der Waals surface area contributed by atoms with Crippen LogP contribution in [0.1, 0.15) is 42.1 Å². The third-order valence-electron chi connectivity index (χ3n) is 4.86. The molecule has 0 N–H and O–H groups in total. The second kappa shape index (κ2) is 5.91. The first-order chi connectivity index (χ1) is 11.1. The average molecular weight is 396 g/mol. The van der Waals surface area contributed by atoms with E-state index in [0.717, 1.165) is 30.2 Å².